The van der Waals surface area contributed by atoms with Crippen molar-refractivity contribution < 1.29 is 4.74 Å². The number of likely N-dealkylation sites (N-methyl/N-ethyl adjacent to an activating group) is 1. The zero-order chi connectivity index (χ0) is 18.8. The maximum atomic E-state index is 6.20. The highest BCUT2D eigenvalue weighted by Crippen LogP contribution is 2.34. The maximum Gasteiger partial charge on any atom is 0.119 e. The molecular weight excluding hydrogens is 360 g/mol. The minimum absolute atomic E-state index is 0.700. The van der Waals surface area contributed by atoms with Gasteiger partial charge in [0.1, 0.15) is 5.75 Å². The zero-order valence-corrected chi connectivity index (χ0v) is 16.6. The van der Waals surface area contributed by atoms with Crippen LogP contribution in [-0.2, 0) is 0 Å². The molecule has 6 heteroatoms. The molecule has 1 aromatic heterocycles. The van der Waals surface area contributed by atoms with Crippen LogP contribution in [0.5, 0.6) is 5.75 Å². The Morgan fingerprint density at radius 1 is 1.04 bits per heavy atom. The van der Waals surface area contributed by atoms with E-state index < -0.39 is 0 Å². The molecule has 5 nitrogen and oxygen atoms in total. The predicted molar refractivity (Wildman–Crippen MR) is 113 cm³/mol. The molecule has 27 heavy (non-hydrogen) atoms. The average Bonchev–Trinajstić information content (AvgIpc) is 2.68. The molecule has 1 fully saturated rings. The van der Waals surface area contributed by atoms with E-state index in [9.17, 15) is 0 Å². The number of aromatic nitrogens is 1. The Kier molecular flexibility index (Phi) is 5.34. The molecule has 1 saturated heterocycles. The summed E-state index contributed by atoms with van der Waals surface area (Å²) >= 11 is 6.20. The first-order chi connectivity index (χ1) is 13.1. The second-order valence-corrected chi connectivity index (χ2v) is 7.54. The third-order valence-corrected chi connectivity index (χ3v) is 5.50. The number of rotatable bonds is 5. The van der Waals surface area contributed by atoms with Crippen LogP contribution in [0, 0.1) is 0 Å². The van der Waals surface area contributed by atoms with Crippen LogP contribution < -0.4 is 10.1 Å². The van der Waals surface area contributed by atoms with Crippen molar-refractivity contribution in [3.05, 3.63) is 41.4 Å². The summed E-state index contributed by atoms with van der Waals surface area (Å²) in [7, 11) is 3.87. The van der Waals surface area contributed by atoms with Crippen molar-refractivity contribution in [2.24, 2.45) is 0 Å². The molecule has 0 unspecified atom stereocenters. The normalized spacial score (nSPS) is 16.1. The molecule has 1 aliphatic rings. The minimum atomic E-state index is 0.700. The molecule has 142 valence electrons. The van der Waals surface area contributed by atoms with Crippen LogP contribution in [0.25, 0.3) is 21.8 Å². The number of pyridine rings is 1. The van der Waals surface area contributed by atoms with E-state index in [4.69, 9.17) is 21.3 Å². The summed E-state index contributed by atoms with van der Waals surface area (Å²) in [6.07, 6.45) is 0. The Morgan fingerprint density at radius 3 is 2.63 bits per heavy atom. The Bertz CT molecular complexity index is 954. The van der Waals surface area contributed by atoms with Crippen molar-refractivity contribution in [2.45, 2.75) is 0 Å². The summed E-state index contributed by atoms with van der Waals surface area (Å²) in [6.45, 7) is 6.43. The summed E-state index contributed by atoms with van der Waals surface area (Å²) in [4.78, 5) is 9.67. The van der Waals surface area contributed by atoms with Gasteiger partial charge >= 0.3 is 0 Å². The lowest BCUT2D eigenvalue weighted by Crippen LogP contribution is -2.45. The molecule has 2 heterocycles. The van der Waals surface area contributed by atoms with Crippen molar-refractivity contribution in [1.82, 2.24) is 14.8 Å². The molecule has 0 radical (unpaired) electrons. The molecule has 0 bridgehead atoms. The number of nitrogens with one attached hydrogen (secondary N) is 1. The minimum Gasteiger partial charge on any atom is -0.497 e. The van der Waals surface area contributed by atoms with E-state index in [1.165, 1.54) is 0 Å². The van der Waals surface area contributed by atoms with Crippen LogP contribution >= 0.6 is 11.6 Å². The van der Waals surface area contributed by atoms with Gasteiger partial charge in [-0.3, -0.25) is 4.90 Å². The van der Waals surface area contributed by atoms with Crippen LogP contribution in [0.2, 0.25) is 5.02 Å². The number of halogens is 1. The third kappa shape index (κ3) is 3.95. The number of methoxy groups -OCH3 is 1. The maximum absolute atomic E-state index is 6.20. The van der Waals surface area contributed by atoms with Gasteiger partial charge in [0.15, 0.2) is 0 Å². The number of ether oxygens (including phenoxy) is 1. The van der Waals surface area contributed by atoms with Crippen LogP contribution in [0.4, 0.5) is 5.69 Å². The van der Waals surface area contributed by atoms with E-state index in [0.29, 0.717) is 5.02 Å². The number of fused-ring (bicyclic) bond motifs is 2. The van der Waals surface area contributed by atoms with E-state index in [1.54, 1.807) is 7.11 Å². The number of hydrogen-bond acceptors (Lipinski definition) is 5. The molecular formula is C21H25ClN4O. The van der Waals surface area contributed by atoms with E-state index >= 15 is 0 Å². The van der Waals surface area contributed by atoms with Crippen molar-refractivity contribution in [1.29, 1.82) is 0 Å². The van der Waals surface area contributed by atoms with Crippen LogP contribution in [0.1, 0.15) is 0 Å². The van der Waals surface area contributed by atoms with Crippen molar-refractivity contribution in [2.75, 3.05) is 58.7 Å². The molecule has 0 aliphatic carbocycles. The third-order valence-electron chi connectivity index (χ3n) is 5.27. The average molecular weight is 385 g/mol. The van der Waals surface area contributed by atoms with Crippen LogP contribution in [0.3, 0.4) is 0 Å². The highest BCUT2D eigenvalue weighted by Gasteiger charge is 2.14. The molecule has 1 aliphatic heterocycles. The largest absolute Gasteiger partial charge is 0.497 e. The Labute approximate surface area is 164 Å². The van der Waals surface area contributed by atoms with Gasteiger partial charge < -0.3 is 15.0 Å². The lowest BCUT2D eigenvalue weighted by Gasteiger charge is -2.32. The fraction of sp³-hybridized carbons (Fsp3) is 0.381. The summed E-state index contributed by atoms with van der Waals surface area (Å²) in [5.41, 5.74) is 2.94. The monoisotopic (exact) mass is 384 g/mol. The van der Waals surface area contributed by atoms with E-state index in [-0.39, 0.29) is 0 Å². The topological polar surface area (TPSA) is 40.6 Å². The Morgan fingerprint density at radius 2 is 1.85 bits per heavy atom. The molecule has 3 aromatic rings. The number of anilines is 1. The number of benzene rings is 2. The summed E-state index contributed by atoms with van der Waals surface area (Å²) in [6, 6.07) is 11.9. The fourth-order valence-electron chi connectivity index (χ4n) is 3.62. The Balaban J connectivity index is 1.65. The van der Waals surface area contributed by atoms with E-state index in [1.807, 2.05) is 30.3 Å². The highest BCUT2D eigenvalue weighted by molar-refractivity contribution is 6.31. The van der Waals surface area contributed by atoms with Gasteiger partial charge in [-0.15, -0.1) is 0 Å². The second-order valence-electron chi connectivity index (χ2n) is 7.10. The summed E-state index contributed by atoms with van der Waals surface area (Å²) < 4.78 is 5.43. The number of nitrogens with zero attached hydrogens (tertiary/aromatic N) is 3. The predicted octanol–water partition coefficient (Wildman–Crippen LogP) is 3.71. The lowest BCUT2D eigenvalue weighted by molar-refractivity contribution is 0.158. The highest BCUT2D eigenvalue weighted by atomic mass is 35.5. The molecule has 0 saturated carbocycles. The van der Waals surface area contributed by atoms with Crippen LogP contribution in [-0.4, -0.2) is 68.2 Å². The van der Waals surface area contributed by atoms with Gasteiger partial charge in [0.2, 0.25) is 0 Å². The zero-order valence-electron chi connectivity index (χ0n) is 15.8. The van der Waals surface area contributed by atoms with Gasteiger partial charge in [0.05, 0.1) is 23.8 Å². The summed E-state index contributed by atoms with van der Waals surface area (Å²) in [5, 5.41) is 6.52. The quantitative estimate of drug-likeness (QED) is 0.679. The van der Waals surface area contributed by atoms with E-state index in [2.05, 4.69) is 28.2 Å². The lowest BCUT2D eigenvalue weighted by atomic mass is 10.1. The first-order valence-electron chi connectivity index (χ1n) is 9.36. The SMILES string of the molecule is COc1ccc2nc3cc(Cl)ccc3c(NCCN3CCN(C)CC3)c2c1. The van der Waals surface area contributed by atoms with Gasteiger partial charge in [-0.2, -0.15) is 0 Å². The van der Waals surface area contributed by atoms with Crippen molar-refractivity contribution in [3.63, 3.8) is 0 Å². The number of piperazine rings is 1. The van der Waals surface area contributed by atoms with Gasteiger partial charge in [-0.05, 0) is 43.4 Å². The van der Waals surface area contributed by atoms with Gasteiger partial charge in [0.25, 0.3) is 0 Å². The molecule has 0 spiro atoms. The molecule has 1 N–H and O–H groups in total. The van der Waals surface area contributed by atoms with Crippen molar-refractivity contribution >= 4 is 39.1 Å². The standard InChI is InChI=1S/C21H25ClN4O/c1-25-9-11-26(12-10-25)8-7-23-21-17-5-3-15(22)13-20(17)24-19-6-4-16(27-2)14-18(19)21/h3-6,13-14H,7-12H2,1-2H3,(H,23,24). The van der Waals surface area contributed by atoms with E-state index in [0.717, 1.165) is 72.5 Å². The Hall–Kier alpha value is -2.08. The van der Waals surface area contributed by atoms with Gasteiger partial charge in [-0.1, -0.05) is 11.6 Å². The fourth-order valence-corrected chi connectivity index (χ4v) is 3.79. The second kappa shape index (κ2) is 7.89. The first kappa shape index (κ1) is 18.3. The molecule has 2 aromatic carbocycles. The first-order valence-corrected chi connectivity index (χ1v) is 9.73. The molecule has 4 rings (SSSR count). The number of hydrogen-bond donors (Lipinski definition) is 1. The van der Waals surface area contributed by atoms with Crippen molar-refractivity contribution in [3.8, 4) is 5.75 Å². The summed E-state index contributed by atoms with van der Waals surface area (Å²) in [5.74, 6) is 0.833. The van der Waals surface area contributed by atoms with Gasteiger partial charge in [0, 0.05) is 55.1 Å². The molecule has 0 atom stereocenters. The van der Waals surface area contributed by atoms with Gasteiger partial charge in [-0.25, -0.2) is 4.98 Å². The smallest absolute Gasteiger partial charge is 0.119 e. The molecule has 0 amide bonds. The van der Waals surface area contributed by atoms with Crippen LogP contribution in [0.15, 0.2) is 36.4 Å².